The number of hydrogen-bond donors (Lipinski definition) is 0. The van der Waals surface area contributed by atoms with E-state index in [1.807, 2.05) is 17.5 Å². The maximum Gasteiger partial charge on any atom is 0.433 e. The van der Waals surface area contributed by atoms with Crippen LogP contribution in [0, 0.1) is 0 Å². The van der Waals surface area contributed by atoms with Gasteiger partial charge in [-0.3, -0.25) is 4.79 Å². The van der Waals surface area contributed by atoms with Gasteiger partial charge in [-0.1, -0.05) is 6.07 Å². The molecule has 1 unspecified atom stereocenters. The van der Waals surface area contributed by atoms with Crippen molar-refractivity contribution in [3.8, 4) is 5.75 Å². The molecule has 164 valence electrons. The third-order valence-electron chi connectivity index (χ3n) is 5.44. The van der Waals surface area contributed by atoms with Crippen LogP contribution in [0.4, 0.5) is 13.2 Å². The van der Waals surface area contributed by atoms with E-state index in [1.165, 1.54) is 12.1 Å². The molecule has 4 heterocycles. The van der Waals surface area contributed by atoms with Crippen LogP contribution in [0.25, 0.3) is 5.65 Å². The highest BCUT2D eigenvalue weighted by Crippen LogP contribution is 2.30. The number of carbonyl (C=O) groups is 1. The van der Waals surface area contributed by atoms with Gasteiger partial charge in [0.15, 0.2) is 5.78 Å². The molecule has 0 N–H and O–H groups in total. The second kappa shape index (κ2) is 8.30. The Morgan fingerprint density at radius 1 is 1.26 bits per heavy atom. The highest BCUT2D eigenvalue weighted by atomic mass is 19.4. The number of halogens is 3. The molecular weight excluding hydrogens is 409 g/mol. The number of ether oxygens (including phenoxy) is 1. The number of fused-ring (bicyclic) bond motifs is 1. The first-order valence-electron chi connectivity index (χ1n) is 10.1. The number of likely N-dealkylation sites (N-methyl/N-ethyl adjacent to an activating group) is 1. The molecule has 3 aromatic heterocycles. The third kappa shape index (κ3) is 4.56. The van der Waals surface area contributed by atoms with Crippen LogP contribution in [0.5, 0.6) is 5.75 Å². The van der Waals surface area contributed by atoms with Gasteiger partial charge in [-0.05, 0) is 39.1 Å². The second-order valence-electron chi connectivity index (χ2n) is 7.78. The smallest absolute Gasteiger partial charge is 0.433 e. The normalized spacial score (nSPS) is 17.4. The van der Waals surface area contributed by atoms with Crippen LogP contribution >= 0.6 is 0 Å². The molecule has 9 heteroatoms. The molecular formula is C22H23F3N4O2. The Morgan fingerprint density at radius 2 is 2.06 bits per heavy atom. The lowest BCUT2D eigenvalue weighted by molar-refractivity contribution is -0.141. The average Bonchev–Trinajstić information content (AvgIpc) is 3.33. The zero-order chi connectivity index (χ0) is 22.2. The van der Waals surface area contributed by atoms with E-state index in [2.05, 4.69) is 16.9 Å². The summed E-state index contributed by atoms with van der Waals surface area (Å²) in [5, 5.41) is 0. The first-order chi connectivity index (χ1) is 14.7. The minimum absolute atomic E-state index is 0.126. The first-order valence-corrected chi connectivity index (χ1v) is 10.1. The van der Waals surface area contributed by atoms with Gasteiger partial charge in [0.05, 0.1) is 12.3 Å². The summed E-state index contributed by atoms with van der Waals surface area (Å²) in [6.45, 7) is 4.18. The lowest BCUT2D eigenvalue weighted by Gasteiger charge is -2.11. The molecule has 1 atom stereocenters. The fourth-order valence-corrected chi connectivity index (χ4v) is 3.89. The topological polar surface area (TPSA) is 59.7 Å². The van der Waals surface area contributed by atoms with Crippen molar-refractivity contribution in [2.24, 2.45) is 0 Å². The standard InChI is InChI=1S/C22H23F3N4O2/c1-3-31-19-10-21-27-17(14-7-8-28(2)11-14)13-29(21)12-15(19)9-18(30)16-5-4-6-20(26-16)22(23,24)25/h4-6,10,12-14H,3,7-9,11H2,1-2H3. The summed E-state index contributed by atoms with van der Waals surface area (Å²) < 4.78 is 46.4. The average molecular weight is 432 g/mol. The molecule has 0 aliphatic carbocycles. The molecule has 0 saturated carbocycles. The highest BCUT2D eigenvalue weighted by Gasteiger charge is 2.33. The number of Topliss-reactive ketones (excluding diaryl/α,β-unsaturated/α-hetero) is 1. The summed E-state index contributed by atoms with van der Waals surface area (Å²) in [5.41, 5.74) is 0.958. The SMILES string of the molecule is CCOc1cc2nc(C3CCN(C)C3)cn2cc1CC(=O)c1cccc(C(F)(F)F)n1. The van der Waals surface area contributed by atoms with Gasteiger partial charge in [0.1, 0.15) is 22.8 Å². The van der Waals surface area contributed by atoms with Gasteiger partial charge >= 0.3 is 6.18 Å². The summed E-state index contributed by atoms with van der Waals surface area (Å²) in [6.07, 6.45) is 0.0180. The minimum Gasteiger partial charge on any atom is -0.493 e. The van der Waals surface area contributed by atoms with Crippen molar-refractivity contribution in [1.29, 1.82) is 0 Å². The number of aromatic nitrogens is 3. The van der Waals surface area contributed by atoms with E-state index in [4.69, 9.17) is 9.72 Å². The molecule has 3 aromatic rings. The molecule has 6 nitrogen and oxygen atoms in total. The molecule has 1 fully saturated rings. The van der Waals surface area contributed by atoms with E-state index in [1.54, 1.807) is 12.3 Å². The molecule has 4 rings (SSSR count). The zero-order valence-electron chi connectivity index (χ0n) is 17.3. The van der Waals surface area contributed by atoms with Gasteiger partial charge in [-0.25, -0.2) is 9.97 Å². The number of ketones is 1. The molecule has 31 heavy (non-hydrogen) atoms. The molecule has 1 aliphatic heterocycles. The lowest BCUT2D eigenvalue weighted by Crippen LogP contribution is -2.13. The zero-order valence-corrected chi connectivity index (χ0v) is 17.3. The molecule has 0 radical (unpaired) electrons. The van der Waals surface area contributed by atoms with Crippen molar-refractivity contribution in [2.75, 3.05) is 26.7 Å². The van der Waals surface area contributed by atoms with E-state index in [-0.39, 0.29) is 12.1 Å². The van der Waals surface area contributed by atoms with Crippen LogP contribution in [0.15, 0.2) is 36.7 Å². The predicted molar refractivity (Wildman–Crippen MR) is 108 cm³/mol. The third-order valence-corrected chi connectivity index (χ3v) is 5.44. The summed E-state index contributed by atoms with van der Waals surface area (Å²) in [5.74, 6) is 0.333. The van der Waals surface area contributed by atoms with Crippen molar-refractivity contribution in [2.45, 2.75) is 31.9 Å². The predicted octanol–water partition coefficient (Wildman–Crippen LogP) is 3.99. The van der Waals surface area contributed by atoms with Crippen molar-refractivity contribution < 1.29 is 22.7 Å². The highest BCUT2D eigenvalue weighted by molar-refractivity contribution is 5.96. The van der Waals surface area contributed by atoms with E-state index < -0.39 is 17.7 Å². The van der Waals surface area contributed by atoms with Crippen LogP contribution < -0.4 is 4.74 Å². The van der Waals surface area contributed by atoms with Crippen LogP contribution in [-0.2, 0) is 12.6 Å². The Labute approximate surface area is 177 Å². The lowest BCUT2D eigenvalue weighted by atomic mass is 10.1. The number of nitrogens with zero attached hydrogens (tertiary/aromatic N) is 4. The van der Waals surface area contributed by atoms with E-state index in [0.717, 1.165) is 31.3 Å². The fourth-order valence-electron chi connectivity index (χ4n) is 3.89. The van der Waals surface area contributed by atoms with Gasteiger partial charge in [0.25, 0.3) is 0 Å². The molecule has 0 spiro atoms. The molecule has 0 aromatic carbocycles. The Kier molecular flexibility index (Phi) is 5.70. The van der Waals surface area contributed by atoms with Crippen molar-refractivity contribution >= 4 is 11.4 Å². The minimum atomic E-state index is -4.60. The van der Waals surface area contributed by atoms with Crippen LogP contribution in [0.3, 0.4) is 0 Å². The van der Waals surface area contributed by atoms with Gasteiger partial charge in [0.2, 0.25) is 0 Å². The maximum absolute atomic E-state index is 12.9. The van der Waals surface area contributed by atoms with Crippen molar-refractivity contribution in [1.82, 2.24) is 19.3 Å². The summed E-state index contributed by atoms with van der Waals surface area (Å²) in [4.78, 5) is 23.2. The number of alkyl halides is 3. The van der Waals surface area contributed by atoms with Crippen LogP contribution in [0.1, 0.15) is 46.7 Å². The summed E-state index contributed by atoms with van der Waals surface area (Å²) in [7, 11) is 2.08. The molecule has 1 saturated heterocycles. The number of imidazole rings is 1. The van der Waals surface area contributed by atoms with Gasteiger partial charge in [0, 0.05) is 42.9 Å². The van der Waals surface area contributed by atoms with Crippen molar-refractivity contribution in [3.05, 3.63) is 59.3 Å². The van der Waals surface area contributed by atoms with Crippen molar-refractivity contribution in [3.63, 3.8) is 0 Å². The first kappa shape index (κ1) is 21.3. The largest absolute Gasteiger partial charge is 0.493 e. The van der Waals surface area contributed by atoms with Gasteiger partial charge < -0.3 is 14.0 Å². The summed E-state index contributed by atoms with van der Waals surface area (Å²) in [6, 6.07) is 5.11. The number of pyridine rings is 2. The Bertz CT molecular complexity index is 1110. The fraction of sp³-hybridized carbons (Fsp3) is 0.409. The second-order valence-corrected chi connectivity index (χ2v) is 7.78. The van der Waals surface area contributed by atoms with Gasteiger partial charge in [-0.15, -0.1) is 0 Å². The maximum atomic E-state index is 12.9. The number of carbonyl (C=O) groups excluding carboxylic acids is 1. The number of hydrogen-bond acceptors (Lipinski definition) is 5. The molecule has 1 aliphatic rings. The van der Waals surface area contributed by atoms with E-state index in [0.29, 0.717) is 29.5 Å². The summed E-state index contributed by atoms with van der Waals surface area (Å²) >= 11 is 0. The van der Waals surface area contributed by atoms with Gasteiger partial charge in [-0.2, -0.15) is 13.2 Å². The quantitative estimate of drug-likeness (QED) is 0.552. The molecule has 0 amide bonds. The number of rotatable bonds is 6. The van der Waals surface area contributed by atoms with E-state index in [9.17, 15) is 18.0 Å². The Hall–Kier alpha value is -2.94. The van der Waals surface area contributed by atoms with E-state index >= 15 is 0 Å². The van der Waals surface area contributed by atoms with Crippen LogP contribution in [-0.4, -0.2) is 51.8 Å². The monoisotopic (exact) mass is 432 g/mol. The molecule has 0 bridgehead atoms. The Morgan fingerprint density at radius 3 is 2.74 bits per heavy atom. The van der Waals surface area contributed by atoms with Crippen LogP contribution in [0.2, 0.25) is 0 Å². The number of likely N-dealkylation sites (tertiary alicyclic amines) is 1. The Balaban J connectivity index is 1.64.